The number of aromatic hydroxyl groups is 1. The first-order chi connectivity index (χ1) is 10.0. The highest BCUT2D eigenvalue weighted by Gasteiger charge is 2.20. The lowest BCUT2D eigenvalue weighted by Crippen LogP contribution is -2.19. The van der Waals surface area contributed by atoms with Crippen LogP contribution in [0.3, 0.4) is 0 Å². The number of hydrogen-bond donors (Lipinski definition) is 2. The number of aromatic nitrogens is 1. The zero-order valence-electron chi connectivity index (χ0n) is 11.4. The van der Waals surface area contributed by atoms with Crippen molar-refractivity contribution in [2.45, 2.75) is 6.92 Å². The maximum atomic E-state index is 13.4. The van der Waals surface area contributed by atoms with Crippen molar-refractivity contribution >= 4 is 17.2 Å². The molecule has 1 heterocycles. The van der Waals surface area contributed by atoms with Crippen molar-refractivity contribution in [1.29, 1.82) is 0 Å². The molecule has 108 valence electrons. The van der Waals surface area contributed by atoms with Crippen LogP contribution in [0.2, 0.25) is 0 Å². The van der Waals surface area contributed by atoms with Gasteiger partial charge in [-0.1, -0.05) is 0 Å². The lowest BCUT2D eigenvalue weighted by atomic mass is 10.0. The van der Waals surface area contributed by atoms with Gasteiger partial charge in [0.25, 0.3) is 0 Å². The molecule has 6 heteroatoms. The molecule has 2 aromatic rings. The number of Topliss-reactive ketones (excluding diaryl/α,β-unsaturated/α-hetero) is 1. The van der Waals surface area contributed by atoms with E-state index in [1.165, 1.54) is 30.3 Å². The van der Waals surface area contributed by atoms with E-state index < -0.39 is 11.6 Å². The Morgan fingerprint density at radius 3 is 2.76 bits per heavy atom. The fourth-order valence-electron chi connectivity index (χ4n) is 1.81. The first kappa shape index (κ1) is 14.6. The second-order valence-corrected chi connectivity index (χ2v) is 4.29. The topological polar surface area (TPSA) is 88.6 Å². The Bertz CT molecular complexity index is 697. The van der Waals surface area contributed by atoms with Crippen molar-refractivity contribution in [3.05, 3.63) is 53.6 Å². The zero-order chi connectivity index (χ0) is 15.4. The normalized spacial score (nSPS) is 11.4. The van der Waals surface area contributed by atoms with Crippen LogP contribution in [0.4, 0.5) is 10.1 Å². The van der Waals surface area contributed by atoms with E-state index in [4.69, 9.17) is 5.73 Å². The smallest absolute Gasteiger partial charge is 0.229 e. The molecule has 1 aromatic heterocycles. The number of benzene rings is 1. The summed E-state index contributed by atoms with van der Waals surface area (Å²) < 4.78 is 13.4. The predicted molar refractivity (Wildman–Crippen MR) is 78.1 cm³/mol. The highest BCUT2D eigenvalue weighted by atomic mass is 19.1. The Kier molecular flexibility index (Phi) is 4.27. The number of carbonyl (C=O) groups excluding carboxylic acids is 1. The van der Waals surface area contributed by atoms with Crippen molar-refractivity contribution in [3.8, 4) is 5.75 Å². The molecule has 0 saturated heterocycles. The van der Waals surface area contributed by atoms with Crippen LogP contribution in [0.15, 0.2) is 41.5 Å². The van der Waals surface area contributed by atoms with Crippen LogP contribution in [-0.2, 0) is 0 Å². The number of nitrogens with two attached hydrogens (primary N) is 1. The summed E-state index contributed by atoms with van der Waals surface area (Å²) in [5.41, 5.74) is 6.44. The largest absolute Gasteiger partial charge is 0.506 e. The Balaban J connectivity index is 2.49. The number of rotatable bonds is 4. The molecule has 0 spiro atoms. The summed E-state index contributed by atoms with van der Waals surface area (Å²) in [5, 5.41) is 9.20. The average molecular weight is 287 g/mol. The minimum absolute atomic E-state index is 0.0488. The number of pyridine rings is 1. The molecular formula is C15H14FN3O2. The van der Waals surface area contributed by atoms with Crippen molar-refractivity contribution in [1.82, 2.24) is 4.98 Å². The first-order valence-electron chi connectivity index (χ1n) is 6.32. The van der Waals surface area contributed by atoms with Crippen LogP contribution in [0.1, 0.15) is 23.0 Å². The number of nitrogens with zero attached hydrogens (tertiary/aromatic N) is 2. The van der Waals surface area contributed by atoms with E-state index in [0.717, 1.165) is 6.20 Å². The van der Waals surface area contributed by atoms with Gasteiger partial charge in [-0.05, 0) is 37.3 Å². The molecular weight excluding hydrogens is 273 g/mol. The van der Waals surface area contributed by atoms with Gasteiger partial charge >= 0.3 is 0 Å². The van der Waals surface area contributed by atoms with Gasteiger partial charge in [0, 0.05) is 17.8 Å². The number of aliphatic imine (C=N–C) groups is 1. The molecule has 1 aromatic carbocycles. The Morgan fingerprint density at radius 1 is 1.38 bits per heavy atom. The maximum absolute atomic E-state index is 13.4. The Morgan fingerprint density at radius 2 is 2.14 bits per heavy atom. The van der Waals surface area contributed by atoms with E-state index in [2.05, 4.69) is 9.98 Å². The molecule has 5 nitrogen and oxygen atoms in total. The van der Waals surface area contributed by atoms with E-state index in [1.807, 2.05) is 0 Å². The summed E-state index contributed by atoms with van der Waals surface area (Å²) in [6, 6.07) is 6.48. The van der Waals surface area contributed by atoms with Gasteiger partial charge in [0.1, 0.15) is 23.0 Å². The van der Waals surface area contributed by atoms with Gasteiger partial charge < -0.3 is 10.8 Å². The summed E-state index contributed by atoms with van der Waals surface area (Å²) in [6.07, 6.45) is 1.16. The molecule has 0 unspecified atom stereocenters. The van der Waals surface area contributed by atoms with E-state index in [9.17, 15) is 14.3 Å². The van der Waals surface area contributed by atoms with E-state index in [-0.39, 0.29) is 28.4 Å². The van der Waals surface area contributed by atoms with Gasteiger partial charge in [0.15, 0.2) is 0 Å². The van der Waals surface area contributed by atoms with Crippen LogP contribution >= 0.6 is 0 Å². The third kappa shape index (κ3) is 3.22. The van der Waals surface area contributed by atoms with E-state index >= 15 is 0 Å². The average Bonchev–Trinajstić information content (AvgIpc) is 2.48. The van der Waals surface area contributed by atoms with Crippen LogP contribution in [0, 0.1) is 5.82 Å². The number of ketones is 1. The van der Waals surface area contributed by atoms with Crippen molar-refractivity contribution in [3.63, 3.8) is 0 Å². The van der Waals surface area contributed by atoms with Gasteiger partial charge in [-0.3, -0.25) is 9.79 Å². The van der Waals surface area contributed by atoms with Crippen molar-refractivity contribution < 1.29 is 14.3 Å². The highest BCUT2D eigenvalue weighted by molar-refractivity contribution is 6.51. The van der Waals surface area contributed by atoms with Crippen LogP contribution in [0.5, 0.6) is 5.75 Å². The van der Waals surface area contributed by atoms with Gasteiger partial charge in [0.05, 0.1) is 6.20 Å². The third-order valence-corrected chi connectivity index (χ3v) is 2.78. The number of halogens is 1. The number of hydrogen-bond acceptors (Lipinski definition) is 5. The quantitative estimate of drug-likeness (QED) is 0.512. The molecule has 0 saturated carbocycles. The minimum Gasteiger partial charge on any atom is -0.506 e. The zero-order valence-corrected chi connectivity index (χ0v) is 11.4. The number of anilines is 1. The molecule has 21 heavy (non-hydrogen) atoms. The molecule has 0 aliphatic carbocycles. The molecule has 0 amide bonds. The molecule has 3 N–H and O–H groups in total. The van der Waals surface area contributed by atoms with Crippen molar-refractivity contribution in [2.75, 3.05) is 12.3 Å². The standard InChI is InChI=1S/C15H14FN3O2/c1-2-18-14(11-7-9(16)3-5-12(11)17)15(21)13-6-4-10(20)8-19-13/h3-8,20H,2,17H2,1H3. The van der Waals surface area contributed by atoms with E-state index in [1.54, 1.807) is 6.92 Å². The van der Waals surface area contributed by atoms with E-state index in [0.29, 0.717) is 6.54 Å². The Labute approximate surface area is 121 Å². The first-order valence-corrected chi connectivity index (χ1v) is 6.32. The maximum Gasteiger partial charge on any atom is 0.229 e. The van der Waals surface area contributed by atoms with Crippen molar-refractivity contribution in [2.24, 2.45) is 4.99 Å². The summed E-state index contributed by atoms with van der Waals surface area (Å²) in [7, 11) is 0. The van der Waals surface area contributed by atoms with Gasteiger partial charge in [0.2, 0.25) is 5.78 Å². The lowest BCUT2D eigenvalue weighted by molar-refractivity contribution is 0.106. The Hall–Kier alpha value is -2.76. The monoisotopic (exact) mass is 287 g/mol. The molecule has 0 fully saturated rings. The lowest BCUT2D eigenvalue weighted by Gasteiger charge is -2.09. The summed E-state index contributed by atoms with van der Waals surface area (Å²) >= 11 is 0. The molecule has 0 atom stereocenters. The number of nitrogen functional groups attached to an aromatic ring is 1. The fraction of sp³-hybridized carbons (Fsp3) is 0.133. The highest BCUT2D eigenvalue weighted by Crippen LogP contribution is 2.17. The van der Waals surface area contributed by atoms with Crippen LogP contribution in [0.25, 0.3) is 0 Å². The summed E-state index contributed by atoms with van der Waals surface area (Å²) in [4.78, 5) is 20.4. The second-order valence-electron chi connectivity index (χ2n) is 4.29. The predicted octanol–water partition coefficient (Wildman–Crippen LogP) is 2.20. The molecule has 0 aliphatic rings. The fourth-order valence-corrected chi connectivity index (χ4v) is 1.81. The summed E-state index contributed by atoms with van der Waals surface area (Å²) in [6.45, 7) is 2.10. The van der Waals surface area contributed by atoms with Gasteiger partial charge in [-0.2, -0.15) is 0 Å². The SMILES string of the molecule is CCN=C(C(=O)c1ccc(O)cn1)c1cc(F)ccc1N. The van der Waals surface area contributed by atoms with Crippen LogP contribution < -0.4 is 5.73 Å². The molecule has 0 aliphatic heterocycles. The third-order valence-electron chi connectivity index (χ3n) is 2.78. The second kappa shape index (κ2) is 6.13. The summed E-state index contributed by atoms with van der Waals surface area (Å²) in [5.74, 6) is -1.03. The molecule has 0 radical (unpaired) electrons. The van der Waals surface area contributed by atoms with Crippen LogP contribution in [-0.4, -0.2) is 28.1 Å². The van der Waals surface area contributed by atoms with Gasteiger partial charge in [-0.25, -0.2) is 9.37 Å². The molecule has 0 bridgehead atoms. The van der Waals surface area contributed by atoms with Gasteiger partial charge in [-0.15, -0.1) is 0 Å². The molecule has 2 rings (SSSR count). The minimum atomic E-state index is -0.505. The number of carbonyl (C=O) groups is 1.